The standard InChI is InChI=1S/C23H41NO3/c24-16-2-1-3-17-4-6-18(7-5-17)19-8-10-20(11-9-19)21-12-14-22(15-13-21)27-23(25)26/h17-22H,1-16,24H2,(H,25,26). The Balaban J connectivity index is 1.32. The van der Waals surface area contributed by atoms with Crippen LogP contribution in [0.2, 0.25) is 0 Å². The minimum Gasteiger partial charge on any atom is -0.450 e. The van der Waals surface area contributed by atoms with Crippen molar-refractivity contribution in [2.75, 3.05) is 6.54 Å². The minimum atomic E-state index is -1.10. The van der Waals surface area contributed by atoms with Crippen molar-refractivity contribution >= 4 is 6.16 Å². The molecule has 0 aliphatic heterocycles. The summed E-state index contributed by atoms with van der Waals surface area (Å²) >= 11 is 0. The molecule has 4 heteroatoms. The lowest BCUT2D eigenvalue weighted by atomic mass is 9.65. The van der Waals surface area contributed by atoms with Crippen LogP contribution in [0.1, 0.15) is 96.3 Å². The Morgan fingerprint density at radius 2 is 1.19 bits per heavy atom. The number of hydrogen-bond donors (Lipinski definition) is 2. The highest BCUT2D eigenvalue weighted by Gasteiger charge is 2.35. The molecule has 0 unspecified atom stereocenters. The molecule has 4 nitrogen and oxygen atoms in total. The Hall–Kier alpha value is -0.770. The Morgan fingerprint density at radius 1 is 0.741 bits per heavy atom. The van der Waals surface area contributed by atoms with Crippen molar-refractivity contribution in [2.45, 2.75) is 102 Å². The number of rotatable bonds is 7. The number of unbranched alkanes of at least 4 members (excludes halogenated alkanes) is 1. The molecule has 3 rings (SSSR count). The quantitative estimate of drug-likeness (QED) is 0.421. The second-order valence-electron chi connectivity index (χ2n) is 9.66. The predicted octanol–water partition coefficient (Wildman–Crippen LogP) is 5.98. The van der Waals surface area contributed by atoms with Crippen molar-refractivity contribution in [3.63, 3.8) is 0 Å². The number of hydrogen-bond acceptors (Lipinski definition) is 3. The molecule has 0 amide bonds. The van der Waals surface area contributed by atoms with Crippen LogP contribution in [0.5, 0.6) is 0 Å². The third kappa shape index (κ3) is 6.37. The van der Waals surface area contributed by atoms with Gasteiger partial charge in [-0.2, -0.15) is 0 Å². The predicted molar refractivity (Wildman–Crippen MR) is 109 cm³/mol. The van der Waals surface area contributed by atoms with Crippen LogP contribution in [0, 0.1) is 29.6 Å². The van der Waals surface area contributed by atoms with Gasteiger partial charge in [0.25, 0.3) is 0 Å². The first-order chi connectivity index (χ1) is 13.2. The summed E-state index contributed by atoms with van der Waals surface area (Å²) in [6, 6.07) is 0. The molecule has 0 spiro atoms. The highest BCUT2D eigenvalue weighted by atomic mass is 16.7. The molecule has 3 saturated carbocycles. The van der Waals surface area contributed by atoms with E-state index in [0.717, 1.165) is 49.0 Å². The second kappa shape index (κ2) is 10.7. The van der Waals surface area contributed by atoms with Crippen LogP contribution in [0.25, 0.3) is 0 Å². The lowest BCUT2D eigenvalue weighted by Gasteiger charge is -2.41. The largest absolute Gasteiger partial charge is 0.506 e. The third-order valence-electron chi connectivity index (χ3n) is 8.09. The zero-order valence-electron chi connectivity index (χ0n) is 17.1. The van der Waals surface area contributed by atoms with Crippen molar-refractivity contribution in [3.8, 4) is 0 Å². The van der Waals surface area contributed by atoms with E-state index in [1.807, 2.05) is 0 Å². The molecule has 0 aromatic heterocycles. The summed E-state index contributed by atoms with van der Waals surface area (Å²) in [6.45, 7) is 0.854. The van der Waals surface area contributed by atoms with Gasteiger partial charge in [-0.05, 0) is 107 Å². The topological polar surface area (TPSA) is 72.5 Å². The highest BCUT2D eigenvalue weighted by Crippen LogP contribution is 2.45. The summed E-state index contributed by atoms with van der Waals surface area (Å²) in [4.78, 5) is 10.7. The van der Waals surface area contributed by atoms with Crippen LogP contribution in [-0.4, -0.2) is 23.9 Å². The second-order valence-corrected chi connectivity index (χ2v) is 9.66. The van der Waals surface area contributed by atoms with E-state index in [4.69, 9.17) is 15.6 Å². The van der Waals surface area contributed by atoms with Crippen LogP contribution in [0.15, 0.2) is 0 Å². The lowest BCUT2D eigenvalue weighted by Crippen LogP contribution is -2.31. The summed E-state index contributed by atoms with van der Waals surface area (Å²) in [5.41, 5.74) is 5.62. The molecule has 156 valence electrons. The first-order valence-electron chi connectivity index (χ1n) is 11.7. The molecular formula is C23H41NO3. The van der Waals surface area contributed by atoms with Crippen LogP contribution >= 0.6 is 0 Å². The molecule has 0 aromatic carbocycles. The average molecular weight is 380 g/mol. The molecule has 3 aliphatic carbocycles. The van der Waals surface area contributed by atoms with Crippen LogP contribution in [0.3, 0.4) is 0 Å². The monoisotopic (exact) mass is 379 g/mol. The van der Waals surface area contributed by atoms with E-state index >= 15 is 0 Å². The molecule has 27 heavy (non-hydrogen) atoms. The van der Waals surface area contributed by atoms with E-state index < -0.39 is 6.16 Å². The summed E-state index contributed by atoms with van der Waals surface area (Å²) in [5, 5.41) is 8.78. The summed E-state index contributed by atoms with van der Waals surface area (Å²) in [6.07, 6.45) is 18.6. The normalized spacial score (nSPS) is 37.7. The van der Waals surface area contributed by atoms with Gasteiger partial charge in [0.15, 0.2) is 0 Å². The molecule has 3 N–H and O–H groups in total. The molecule has 0 atom stereocenters. The van der Waals surface area contributed by atoms with Crippen LogP contribution in [0.4, 0.5) is 4.79 Å². The van der Waals surface area contributed by atoms with Gasteiger partial charge in [0.2, 0.25) is 0 Å². The smallest absolute Gasteiger partial charge is 0.450 e. The van der Waals surface area contributed by atoms with Gasteiger partial charge in [0, 0.05) is 0 Å². The van der Waals surface area contributed by atoms with Crippen molar-refractivity contribution in [1.82, 2.24) is 0 Å². The third-order valence-corrected chi connectivity index (χ3v) is 8.09. The number of ether oxygens (including phenoxy) is 1. The fourth-order valence-corrected chi connectivity index (χ4v) is 6.43. The van der Waals surface area contributed by atoms with E-state index in [-0.39, 0.29) is 6.10 Å². The fraction of sp³-hybridized carbons (Fsp3) is 0.957. The fourth-order valence-electron chi connectivity index (χ4n) is 6.43. The number of nitrogens with two attached hydrogens (primary N) is 1. The molecule has 0 saturated heterocycles. The van der Waals surface area contributed by atoms with E-state index in [9.17, 15) is 4.79 Å². The maximum atomic E-state index is 10.7. The molecule has 0 bridgehead atoms. The van der Waals surface area contributed by atoms with Crippen LogP contribution in [-0.2, 0) is 4.74 Å². The molecule has 3 aliphatic rings. The average Bonchev–Trinajstić information content (AvgIpc) is 2.69. The molecule has 0 heterocycles. The van der Waals surface area contributed by atoms with Crippen molar-refractivity contribution in [2.24, 2.45) is 35.3 Å². The molecule has 0 aromatic rings. The van der Waals surface area contributed by atoms with Crippen molar-refractivity contribution in [1.29, 1.82) is 0 Å². The summed E-state index contributed by atoms with van der Waals surface area (Å²) in [5.74, 6) is 4.67. The highest BCUT2D eigenvalue weighted by molar-refractivity contribution is 5.57. The van der Waals surface area contributed by atoms with Gasteiger partial charge in [-0.15, -0.1) is 0 Å². The van der Waals surface area contributed by atoms with Crippen molar-refractivity contribution < 1.29 is 14.6 Å². The van der Waals surface area contributed by atoms with Gasteiger partial charge in [-0.25, -0.2) is 4.79 Å². The summed E-state index contributed by atoms with van der Waals surface area (Å²) < 4.78 is 4.97. The Labute approximate surface area is 165 Å². The number of carbonyl (C=O) groups is 1. The van der Waals surface area contributed by atoms with E-state index in [2.05, 4.69) is 0 Å². The molecule has 0 radical (unpaired) electrons. The maximum absolute atomic E-state index is 10.7. The Bertz CT molecular complexity index is 431. The first-order valence-corrected chi connectivity index (χ1v) is 11.7. The van der Waals surface area contributed by atoms with Gasteiger partial charge in [0.1, 0.15) is 6.10 Å². The van der Waals surface area contributed by atoms with E-state index in [1.54, 1.807) is 0 Å². The van der Waals surface area contributed by atoms with Gasteiger partial charge in [-0.1, -0.05) is 25.7 Å². The van der Waals surface area contributed by atoms with Crippen LogP contribution < -0.4 is 5.73 Å². The molecule has 3 fully saturated rings. The van der Waals surface area contributed by atoms with E-state index in [1.165, 1.54) is 83.5 Å². The number of carboxylic acid groups (broad SMARTS) is 1. The van der Waals surface area contributed by atoms with Gasteiger partial charge in [0.05, 0.1) is 0 Å². The first kappa shape index (κ1) is 21.0. The van der Waals surface area contributed by atoms with Crippen molar-refractivity contribution in [3.05, 3.63) is 0 Å². The Morgan fingerprint density at radius 3 is 1.63 bits per heavy atom. The van der Waals surface area contributed by atoms with E-state index in [0.29, 0.717) is 0 Å². The zero-order chi connectivity index (χ0) is 19.1. The summed E-state index contributed by atoms with van der Waals surface area (Å²) in [7, 11) is 0. The van der Waals surface area contributed by atoms with Gasteiger partial charge in [-0.3, -0.25) is 0 Å². The minimum absolute atomic E-state index is 0.0462. The Kier molecular flexibility index (Phi) is 8.29. The lowest BCUT2D eigenvalue weighted by molar-refractivity contribution is 0.0175. The zero-order valence-corrected chi connectivity index (χ0v) is 17.1. The maximum Gasteiger partial charge on any atom is 0.506 e. The van der Waals surface area contributed by atoms with Gasteiger partial charge >= 0.3 is 6.16 Å². The SMILES string of the molecule is NCCCCC1CCC(C2CCC(C3CCC(OC(=O)O)CC3)CC2)CC1. The molecular weight excluding hydrogens is 338 g/mol. The van der Waals surface area contributed by atoms with Gasteiger partial charge < -0.3 is 15.6 Å².